The standard InChI is InChI=1S/C16H11ClF5N3S/c1-8(14-11(18)3-2-4-12(14)19)24-25-15(26)23-13-7-9(16(20,21)22)5-6-10(13)17/h2-7H,1H3,(H2,23,25,26). The highest BCUT2D eigenvalue weighted by atomic mass is 35.5. The molecule has 0 heterocycles. The van der Waals surface area contributed by atoms with Crippen molar-refractivity contribution >= 4 is 40.3 Å². The quantitative estimate of drug-likeness (QED) is 0.312. The van der Waals surface area contributed by atoms with Gasteiger partial charge in [-0.1, -0.05) is 17.7 Å². The second-order valence-electron chi connectivity index (χ2n) is 5.05. The van der Waals surface area contributed by atoms with E-state index >= 15 is 0 Å². The third kappa shape index (κ3) is 4.89. The number of hydrogen-bond donors (Lipinski definition) is 2. The maximum atomic E-state index is 13.7. The average Bonchev–Trinajstić information content (AvgIpc) is 2.53. The molecular weight excluding hydrogens is 397 g/mol. The monoisotopic (exact) mass is 407 g/mol. The number of nitrogens with one attached hydrogen (secondary N) is 2. The highest BCUT2D eigenvalue weighted by Gasteiger charge is 2.31. The van der Waals surface area contributed by atoms with E-state index in [2.05, 4.69) is 15.8 Å². The number of nitrogens with zero attached hydrogens (tertiary/aromatic N) is 1. The van der Waals surface area contributed by atoms with Crippen LogP contribution in [0.4, 0.5) is 27.6 Å². The summed E-state index contributed by atoms with van der Waals surface area (Å²) in [4.78, 5) is 0. The first-order valence-corrected chi connectivity index (χ1v) is 7.80. The summed E-state index contributed by atoms with van der Waals surface area (Å²) >= 11 is 10.7. The van der Waals surface area contributed by atoms with Gasteiger partial charge in [-0.05, 0) is 49.5 Å². The van der Waals surface area contributed by atoms with Crippen LogP contribution in [0, 0.1) is 11.6 Å². The van der Waals surface area contributed by atoms with Crippen LogP contribution in [0.1, 0.15) is 18.1 Å². The van der Waals surface area contributed by atoms with Crippen molar-refractivity contribution in [3.8, 4) is 0 Å². The van der Waals surface area contributed by atoms with Gasteiger partial charge in [-0.2, -0.15) is 18.3 Å². The Labute approximate surface area is 155 Å². The minimum absolute atomic E-state index is 0.00278. The number of benzene rings is 2. The molecule has 0 radical (unpaired) electrons. The van der Waals surface area contributed by atoms with Gasteiger partial charge in [-0.15, -0.1) is 0 Å². The first-order valence-electron chi connectivity index (χ1n) is 7.02. The fraction of sp³-hybridized carbons (Fsp3) is 0.125. The van der Waals surface area contributed by atoms with E-state index in [1.54, 1.807) is 0 Å². The van der Waals surface area contributed by atoms with Crippen molar-refractivity contribution in [1.29, 1.82) is 0 Å². The Morgan fingerprint density at radius 3 is 2.31 bits per heavy atom. The largest absolute Gasteiger partial charge is 0.416 e. The number of hydrogen-bond acceptors (Lipinski definition) is 2. The van der Waals surface area contributed by atoms with Gasteiger partial charge in [-0.25, -0.2) is 8.78 Å². The molecule has 2 aromatic carbocycles. The van der Waals surface area contributed by atoms with Gasteiger partial charge in [-0.3, -0.25) is 5.43 Å². The summed E-state index contributed by atoms with van der Waals surface area (Å²) in [6, 6.07) is 6.01. The maximum Gasteiger partial charge on any atom is 0.416 e. The van der Waals surface area contributed by atoms with E-state index < -0.39 is 23.4 Å². The van der Waals surface area contributed by atoms with E-state index in [-0.39, 0.29) is 27.1 Å². The van der Waals surface area contributed by atoms with E-state index in [1.807, 2.05) is 0 Å². The third-order valence-electron chi connectivity index (χ3n) is 3.19. The first kappa shape index (κ1) is 20.1. The smallest absolute Gasteiger partial charge is 0.330 e. The van der Waals surface area contributed by atoms with Crippen molar-refractivity contribution in [3.05, 3.63) is 64.2 Å². The molecule has 3 nitrogen and oxygen atoms in total. The van der Waals surface area contributed by atoms with E-state index in [4.69, 9.17) is 23.8 Å². The summed E-state index contributed by atoms with van der Waals surface area (Å²) in [6.07, 6.45) is -4.55. The van der Waals surface area contributed by atoms with Crippen LogP contribution in [-0.4, -0.2) is 10.8 Å². The van der Waals surface area contributed by atoms with Crippen molar-refractivity contribution < 1.29 is 22.0 Å². The molecule has 138 valence electrons. The Morgan fingerprint density at radius 2 is 1.73 bits per heavy atom. The molecule has 0 fully saturated rings. The van der Waals surface area contributed by atoms with Crippen molar-refractivity contribution in [2.75, 3.05) is 5.32 Å². The van der Waals surface area contributed by atoms with Crippen LogP contribution in [0.2, 0.25) is 5.02 Å². The van der Waals surface area contributed by atoms with Crippen molar-refractivity contribution in [2.45, 2.75) is 13.1 Å². The maximum absolute atomic E-state index is 13.7. The molecule has 0 amide bonds. The van der Waals surface area contributed by atoms with E-state index in [0.717, 1.165) is 30.3 Å². The van der Waals surface area contributed by atoms with Crippen LogP contribution in [0.25, 0.3) is 0 Å². The zero-order valence-electron chi connectivity index (χ0n) is 13.1. The third-order valence-corrected chi connectivity index (χ3v) is 3.71. The predicted molar refractivity (Wildman–Crippen MR) is 94.4 cm³/mol. The Morgan fingerprint density at radius 1 is 1.12 bits per heavy atom. The second-order valence-corrected chi connectivity index (χ2v) is 5.87. The number of halogens is 6. The Hall–Kier alpha value is -2.26. The molecule has 26 heavy (non-hydrogen) atoms. The number of anilines is 1. The van der Waals surface area contributed by atoms with Gasteiger partial charge in [0.15, 0.2) is 5.11 Å². The Kier molecular flexibility index (Phi) is 6.14. The Balaban J connectivity index is 2.14. The molecule has 0 atom stereocenters. The minimum atomic E-state index is -4.55. The van der Waals surface area contributed by atoms with Gasteiger partial charge in [0.25, 0.3) is 0 Å². The molecule has 0 aliphatic rings. The molecular formula is C16H11ClF5N3S. The van der Waals surface area contributed by atoms with Gasteiger partial charge in [0, 0.05) is 0 Å². The SMILES string of the molecule is CC(=NNC(=S)Nc1cc(C(F)(F)F)ccc1Cl)c1c(F)cccc1F. The van der Waals surface area contributed by atoms with Gasteiger partial charge in [0.05, 0.1) is 27.5 Å². The van der Waals surface area contributed by atoms with Crippen molar-refractivity contribution in [2.24, 2.45) is 5.10 Å². The minimum Gasteiger partial charge on any atom is -0.330 e. The molecule has 0 bridgehead atoms. The molecule has 0 saturated heterocycles. The number of alkyl halides is 3. The van der Waals surface area contributed by atoms with Crippen LogP contribution in [0.15, 0.2) is 41.5 Å². The van der Waals surface area contributed by atoms with Gasteiger partial charge >= 0.3 is 6.18 Å². The highest BCUT2D eigenvalue weighted by Crippen LogP contribution is 2.33. The van der Waals surface area contributed by atoms with Crippen molar-refractivity contribution in [3.63, 3.8) is 0 Å². The van der Waals surface area contributed by atoms with E-state index in [0.29, 0.717) is 0 Å². The van der Waals surface area contributed by atoms with Crippen LogP contribution in [0.3, 0.4) is 0 Å². The molecule has 0 spiro atoms. The Bertz CT molecular complexity index is 847. The number of rotatable bonds is 3. The van der Waals surface area contributed by atoms with Crippen molar-refractivity contribution in [1.82, 2.24) is 5.43 Å². The van der Waals surface area contributed by atoms with Crippen LogP contribution in [0.5, 0.6) is 0 Å². The van der Waals surface area contributed by atoms with Gasteiger partial charge < -0.3 is 5.32 Å². The molecule has 0 saturated carbocycles. The lowest BCUT2D eigenvalue weighted by molar-refractivity contribution is -0.137. The molecule has 2 aromatic rings. The molecule has 0 unspecified atom stereocenters. The summed E-state index contributed by atoms with van der Waals surface area (Å²) < 4.78 is 65.5. The van der Waals surface area contributed by atoms with Crippen LogP contribution in [-0.2, 0) is 6.18 Å². The summed E-state index contributed by atoms with van der Waals surface area (Å²) in [6.45, 7) is 1.34. The lowest BCUT2D eigenvalue weighted by Gasteiger charge is -2.13. The zero-order valence-corrected chi connectivity index (χ0v) is 14.7. The summed E-state index contributed by atoms with van der Waals surface area (Å²) in [7, 11) is 0. The highest BCUT2D eigenvalue weighted by molar-refractivity contribution is 7.80. The second kappa shape index (κ2) is 7.96. The topological polar surface area (TPSA) is 36.4 Å². The fourth-order valence-electron chi connectivity index (χ4n) is 1.98. The summed E-state index contributed by atoms with van der Waals surface area (Å²) in [5.41, 5.74) is 0.905. The van der Waals surface area contributed by atoms with Crippen LogP contribution >= 0.6 is 23.8 Å². The average molecular weight is 408 g/mol. The normalized spacial score (nSPS) is 12.0. The van der Waals surface area contributed by atoms with Crippen LogP contribution < -0.4 is 10.7 Å². The van der Waals surface area contributed by atoms with Gasteiger partial charge in [0.2, 0.25) is 0 Å². The summed E-state index contributed by atoms with van der Waals surface area (Å²) in [5, 5.41) is 5.98. The first-order chi connectivity index (χ1) is 12.1. The summed E-state index contributed by atoms with van der Waals surface area (Å²) in [5.74, 6) is -1.62. The lowest BCUT2D eigenvalue weighted by Crippen LogP contribution is -2.25. The molecule has 0 aliphatic carbocycles. The molecule has 2 N–H and O–H groups in total. The predicted octanol–water partition coefficient (Wildman–Crippen LogP) is 5.35. The van der Waals surface area contributed by atoms with Gasteiger partial charge in [0.1, 0.15) is 11.6 Å². The van der Waals surface area contributed by atoms with E-state index in [9.17, 15) is 22.0 Å². The number of hydrazone groups is 1. The zero-order chi connectivity index (χ0) is 19.5. The molecule has 0 aliphatic heterocycles. The number of thiocarbonyl (C=S) groups is 1. The molecule has 2 rings (SSSR count). The molecule has 10 heteroatoms. The lowest BCUT2D eigenvalue weighted by atomic mass is 10.1. The molecule has 0 aromatic heterocycles. The van der Waals surface area contributed by atoms with E-state index in [1.165, 1.54) is 13.0 Å². The fourth-order valence-corrected chi connectivity index (χ4v) is 2.30.